The van der Waals surface area contributed by atoms with E-state index in [4.69, 9.17) is 5.73 Å². The highest BCUT2D eigenvalue weighted by Gasteiger charge is 2.21. The minimum absolute atomic E-state index is 0.457. The Morgan fingerprint density at radius 2 is 1.92 bits per heavy atom. The molecule has 4 rings (SSSR count). The van der Waals surface area contributed by atoms with E-state index in [0.717, 1.165) is 24.2 Å². The number of imidazole rings is 1. The minimum Gasteiger partial charge on any atom is -0.379 e. The molecule has 1 atom stereocenters. The van der Waals surface area contributed by atoms with Crippen molar-refractivity contribution in [2.75, 3.05) is 10.6 Å². The van der Waals surface area contributed by atoms with Crippen LogP contribution in [0.15, 0.2) is 30.5 Å². The fraction of sp³-hybridized carbons (Fsp3) is 0.368. The molecule has 0 saturated heterocycles. The van der Waals surface area contributed by atoms with E-state index < -0.39 is 6.23 Å². The molecule has 136 valence electrons. The molecule has 1 aliphatic rings. The van der Waals surface area contributed by atoms with Crippen molar-refractivity contribution in [1.82, 2.24) is 14.6 Å². The number of aliphatic hydroxyl groups is 1. The second-order valence-corrected chi connectivity index (χ2v) is 7.08. The highest BCUT2D eigenvalue weighted by Crippen LogP contribution is 2.29. The molecule has 1 unspecified atom stereocenters. The van der Waals surface area contributed by atoms with Crippen LogP contribution in [0.5, 0.6) is 0 Å². The summed E-state index contributed by atoms with van der Waals surface area (Å²) in [6.45, 7) is 4.13. The van der Waals surface area contributed by atoms with Crippen LogP contribution >= 0.6 is 0 Å². The molecule has 0 bridgehead atoms. The molecule has 0 amide bonds. The van der Waals surface area contributed by atoms with Gasteiger partial charge in [-0.1, -0.05) is 6.07 Å². The van der Waals surface area contributed by atoms with Gasteiger partial charge in [0.1, 0.15) is 11.9 Å². The first kappa shape index (κ1) is 16.8. The monoisotopic (exact) mass is 352 g/mol. The summed E-state index contributed by atoms with van der Waals surface area (Å²) >= 11 is 0. The van der Waals surface area contributed by atoms with Gasteiger partial charge in [-0.25, -0.2) is 9.50 Å². The van der Waals surface area contributed by atoms with Crippen LogP contribution in [0.1, 0.15) is 42.3 Å². The van der Waals surface area contributed by atoms with E-state index >= 15 is 0 Å². The van der Waals surface area contributed by atoms with Gasteiger partial charge in [-0.3, -0.25) is 0 Å². The number of hydrogen-bond donors (Lipinski definition) is 4. The van der Waals surface area contributed by atoms with Gasteiger partial charge in [0.2, 0.25) is 0 Å². The molecule has 0 aliphatic heterocycles. The number of nitrogens with one attached hydrogen (secondary N) is 2. The van der Waals surface area contributed by atoms with Crippen LogP contribution in [0.4, 0.5) is 17.2 Å². The third kappa shape index (κ3) is 3.23. The van der Waals surface area contributed by atoms with Crippen molar-refractivity contribution in [3.05, 3.63) is 47.3 Å². The Kier molecular flexibility index (Phi) is 4.26. The van der Waals surface area contributed by atoms with Gasteiger partial charge in [-0.05, 0) is 56.4 Å². The lowest BCUT2D eigenvalue weighted by molar-refractivity contribution is 0.179. The number of nitrogens with zero attached hydrogens (tertiary/aromatic N) is 3. The van der Waals surface area contributed by atoms with Gasteiger partial charge in [0.05, 0.1) is 11.9 Å². The number of nitrogens with two attached hydrogens (primary N) is 1. The number of rotatable bonds is 5. The number of hydrogen-bond acceptors (Lipinski definition) is 6. The molecule has 2 aromatic heterocycles. The predicted molar refractivity (Wildman–Crippen MR) is 103 cm³/mol. The van der Waals surface area contributed by atoms with Crippen LogP contribution in [-0.2, 0) is 0 Å². The van der Waals surface area contributed by atoms with Crippen LogP contribution in [0.3, 0.4) is 0 Å². The van der Waals surface area contributed by atoms with Crippen molar-refractivity contribution >= 4 is 22.8 Å². The molecule has 26 heavy (non-hydrogen) atoms. The zero-order chi connectivity index (χ0) is 18.3. The van der Waals surface area contributed by atoms with Crippen LogP contribution in [0.2, 0.25) is 0 Å². The van der Waals surface area contributed by atoms with E-state index in [-0.39, 0.29) is 0 Å². The van der Waals surface area contributed by atoms with Crippen LogP contribution in [-0.4, -0.2) is 25.7 Å². The summed E-state index contributed by atoms with van der Waals surface area (Å²) in [6, 6.07) is 8.70. The van der Waals surface area contributed by atoms with Crippen molar-refractivity contribution in [2.45, 2.75) is 45.4 Å². The standard InChI is InChI=1S/C19H24N6O/c1-11-6-12(2)8-14(7-11)23-17-9-15(22-13-4-3-5-13)19-21-10-16(18(20)26)25(19)24-17/h6-10,13,18,22,26H,3-5,20H2,1-2H3,(H,23,24). The highest BCUT2D eigenvalue weighted by molar-refractivity contribution is 5.73. The topological polar surface area (TPSA) is 100 Å². The predicted octanol–water partition coefficient (Wildman–Crippen LogP) is 3.00. The molecule has 1 saturated carbocycles. The molecule has 7 nitrogen and oxygen atoms in total. The van der Waals surface area contributed by atoms with Gasteiger partial charge in [0, 0.05) is 17.8 Å². The number of aliphatic hydroxyl groups excluding tert-OH is 1. The fourth-order valence-electron chi connectivity index (χ4n) is 3.32. The number of aromatic nitrogens is 3. The third-order valence-electron chi connectivity index (χ3n) is 4.76. The number of anilines is 3. The summed E-state index contributed by atoms with van der Waals surface area (Å²) in [6.07, 6.45) is 3.99. The van der Waals surface area contributed by atoms with Crippen molar-refractivity contribution in [1.29, 1.82) is 0 Å². The second-order valence-electron chi connectivity index (χ2n) is 7.08. The van der Waals surface area contributed by atoms with E-state index in [2.05, 4.69) is 52.8 Å². The molecule has 1 aliphatic carbocycles. The van der Waals surface area contributed by atoms with E-state index in [1.54, 1.807) is 10.7 Å². The van der Waals surface area contributed by atoms with Crippen molar-refractivity contribution in [3.63, 3.8) is 0 Å². The molecule has 0 spiro atoms. The van der Waals surface area contributed by atoms with Gasteiger partial charge in [0.25, 0.3) is 0 Å². The first-order valence-corrected chi connectivity index (χ1v) is 8.94. The Labute approximate surface area is 152 Å². The lowest BCUT2D eigenvalue weighted by atomic mass is 9.93. The van der Waals surface area contributed by atoms with Crippen LogP contribution in [0, 0.1) is 13.8 Å². The fourth-order valence-corrected chi connectivity index (χ4v) is 3.32. The molecule has 5 N–H and O–H groups in total. The normalized spacial score (nSPS) is 15.7. The lowest BCUT2D eigenvalue weighted by Gasteiger charge is -2.27. The summed E-state index contributed by atoms with van der Waals surface area (Å²) in [5.41, 5.74) is 11.0. The Bertz CT molecular complexity index is 924. The lowest BCUT2D eigenvalue weighted by Crippen LogP contribution is -2.27. The Balaban J connectivity index is 1.76. The Hall–Kier alpha value is -2.64. The SMILES string of the molecule is Cc1cc(C)cc(Nc2cc(NC3CCC3)c3ncc(C(N)O)n3n2)c1. The summed E-state index contributed by atoms with van der Waals surface area (Å²) in [4.78, 5) is 4.40. The van der Waals surface area contributed by atoms with Crippen molar-refractivity contribution in [3.8, 4) is 0 Å². The molecule has 1 fully saturated rings. The minimum atomic E-state index is -1.13. The number of benzene rings is 1. The molecule has 2 heterocycles. The van der Waals surface area contributed by atoms with E-state index in [9.17, 15) is 5.11 Å². The maximum Gasteiger partial charge on any atom is 0.177 e. The van der Waals surface area contributed by atoms with Gasteiger partial charge >= 0.3 is 0 Å². The number of aryl methyl sites for hydroxylation is 2. The highest BCUT2D eigenvalue weighted by atomic mass is 16.3. The third-order valence-corrected chi connectivity index (χ3v) is 4.76. The van der Waals surface area contributed by atoms with Crippen molar-refractivity contribution in [2.24, 2.45) is 5.73 Å². The maximum absolute atomic E-state index is 9.83. The largest absolute Gasteiger partial charge is 0.379 e. The summed E-state index contributed by atoms with van der Waals surface area (Å²) < 4.78 is 1.61. The zero-order valence-electron chi connectivity index (χ0n) is 15.0. The van der Waals surface area contributed by atoms with Gasteiger partial charge in [0.15, 0.2) is 11.5 Å². The quantitative estimate of drug-likeness (QED) is 0.527. The number of fused-ring (bicyclic) bond motifs is 1. The van der Waals surface area contributed by atoms with Crippen LogP contribution < -0.4 is 16.4 Å². The second kappa shape index (κ2) is 6.59. The molecular formula is C19H24N6O. The van der Waals surface area contributed by atoms with Gasteiger partial charge in [-0.15, -0.1) is 5.10 Å². The summed E-state index contributed by atoms with van der Waals surface area (Å²) in [5, 5.41) is 21.3. The summed E-state index contributed by atoms with van der Waals surface area (Å²) in [5.74, 6) is 0.671. The zero-order valence-corrected chi connectivity index (χ0v) is 15.0. The van der Waals surface area contributed by atoms with E-state index in [1.807, 2.05) is 6.07 Å². The molecule has 7 heteroatoms. The smallest absolute Gasteiger partial charge is 0.177 e. The van der Waals surface area contributed by atoms with Crippen molar-refractivity contribution < 1.29 is 5.11 Å². The van der Waals surface area contributed by atoms with Gasteiger partial charge in [-0.2, -0.15) is 0 Å². The average molecular weight is 352 g/mol. The van der Waals surface area contributed by atoms with E-state index in [0.29, 0.717) is 23.2 Å². The first-order chi connectivity index (χ1) is 12.5. The summed E-state index contributed by atoms with van der Waals surface area (Å²) in [7, 11) is 0. The Morgan fingerprint density at radius 1 is 1.19 bits per heavy atom. The molecular weight excluding hydrogens is 328 g/mol. The van der Waals surface area contributed by atoms with Crippen LogP contribution in [0.25, 0.3) is 5.65 Å². The molecule has 3 aromatic rings. The average Bonchev–Trinajstić information content (AvgIpc) is 2.93. The van der Waals surface area contributed by atoms with Gasteiger partial charge < -0.3 is 21.5 Å². The molecule has 1 aromatic carbocycles. The maximum atomic E-state index is 9.83. The van der Waals surface area contributed by atoms with E-state index in [1.165, 1.54) is 17.5 Å². The molecule has 0 radical (unpaired) electrons. The Morgan fingerprint density at radius 3 is 2.54 bits per heavy atom. The first-order valence-electron chi connectivity index (χ1n) is 8.94.